The van der Waals surface area contributed by atoms with E-state index in [-0.39, 0.29) is 10.6 Å². The Kier molecular flexibility index (Phi) is 4.46. The van der Waals surface area contributed by atoms with E-state index in [2.05, 4.69) is 5.32 Å². The van der Waals surface area contributed by atoms with Crippen molar-refractivity contribution in [3.05, 3.63) is 34.4 Å². The highest BCUT2D eigenvalue weighted by molar-refractivity contribution is 6.33. The Balaban J connectivity index is 2.28. The highest BCUT2D eigenvalue weighted by atomic mass is 35.5. The SMILES string of the molecule is O=C(NC1(C(=O)O)CCCCC1)c1cc(F)c(F)cc1Cl. The van der Waals surface area contributed by atoms with Crippen LogP contribution in [-0.2, 0) is 4.79 Å². The van der Waals surface area contributed by atoms with Gasteiger partial charge in [0.2, 0.25) is 0 Å². The summed E-state index contributed by atoms with van der Waals surface area (Å²) in [6.45, 7) is 0. The minimum absolute atomic E-state index is 0.261. The minimum atomic E-state index is -1.37. The largest absolute Gasteiger partial charge is 0.480 e. The average Bonchev–Trinajstić information content (AvgIpc) is 2.43. The molecule has 1 aromatic carbocycles. The zero-order valence-electron chi connectivity index (χ0n) is 11.1. The number of hydrogen-bond donors (Lipinski definition) is 2. The van der Waals surface area contributed by atoms with Crippen molar-refractivity contribution in [3.8, 4) is 0 Å². The van der Waals surface area contributed by atoms with Crippen LogP contribution < -0.4 is 5.32 Å². The molecule has 7 heteroatoms. The van der Waals surface area contributed by atoms with Crippen LogP contribution in [0.3, 0.4) is 0 Å². The fourth-order valence-electron chi connectivity index (χ4n) is 2.53. The van der Waals surface area contributed by atoms with Crippen LogP contribution in [0.15, 0.2) is 12.1 Å². The third-order valence-electron chi connectivity index (χ3n) is 3.72. The smallest absolute Gasteiger partial charge is 0.329 e. The molecule has 1 saturated carbocycles. The van der Waals surface area contributed by atoms with Crippen LogP contribution in [0.5, 0.6) is 0 Å². The molecule has 1 aliphatic carbocycles. The molecule has 2 N–H and O–H groups in total. The molecule has 1 aromatic rings. The van der Waals surface area contributed by atoms with E-state index in [1.807, 2.05) is 0 Å². The van der Waals surface area contributed by atoms with Gasteiger partial charge in [-0.05, 0) is 25.0 Å². The molecular weight excluding hydrogens is 304 g/mol. The van der Waals surface area contributed by atoms with Crippen LogP contribution in [0.1, 0.15) is 42.5 Å². The first-order chi connectivity index (χ1) is 9.85. The van der Waals surface area contributed by atoms with Gasteiger partial charge in [-0.3, -0.25) is 4.79 Å². The van der Waals surface area contributed by atoms with Crippen LogP contribution in [0.4, 0.5) is 8.78 Å². The maximum Gasteiger partial charge on any atom is 0.329 e. The minimum Gasteiger partial charge on any atom is -0.480 e. The molecule has 0 aliphatic heterocycles. The van der Waals surface area contributed by atoms with Crippen molar-refractivity contribution in [1.82, 2.24) is 5.32 Å². The molecule has 1 aliphatic rings. The third-order valence-corrected chi connectivity index (χ3v) is 4.04. The average molecular weight is 318 g/mol. The lowest BCUT2D eigenvalue weighted by Crippen LogP contribution is -2.55. The maximum atomic E-state index is 13.2. The third kappa shape index (κ3) is 3.15. The summed E-state index contributed by atoms with van der Waals surface area (Å²) in [7, 11) is 0. The highest BCUT2D eigenvalue weighted by Gasteiger charge is 2.41. The van der Waals surface area contributed by atoms with E-state index in [0.29, 0.717) is 37.8 Å². The summed E-state index contributed by atoms with van der Waals surface area (Å²) in [5.74, 6) is -4.32. The van der Waals surface area contributed by atoms with Gasteiger partial charge in [-0.1, -0.05) is 30.9 Å². The number of hydrogen-bond acceptors (Lipinski definition) is 2. The van der Waals surface area contributed by atoms with E-state index in [4.69, 9.17) is 11.6 Å². The predicted molar refractivity (Wildman–Crippen MR) is 72.3 cm³/mol. The summed E-state index contributed by atoms with van der Waals surface area (Å²) in [4.78, 5) is 23.6. The first-order valence-electron chi connectivity index (χ1n) is 6.56. The first kappa shape index (κ1) is 15.7. The van der Waals surface area contributed by atoms with E-state index < -0.39 is 29.0 Å². The van der Waals surface area contributed by atoms with E-state index >= 15 is 0 Å². The van der Waals surface area contributed by atoms with E-state index in [1.165, 1.54) is 0 Å². The molecule has 0 aromatic heterocycles. The fourth-order valence-corrected chi connectivity index (χ4v) is 2.77. The van der Waals surface area contributed by atoms with Crippen LogP contribution in [0, 0.1) is 11.6 Å². The Morgan fingerprint density at radius 2 is 1.71 bits per heavy atom. The van der Waals surface area contributed by atoms with Crippen molar-refractivity contribution in [2.45, 2.75) is 37.6 Å². The van der Waals surface area contributed by atoms with Crippen molar-refractivity contribution in [2.75, 3.05) is 0 Å². The number of amides is 1. The molecule has 21 heavy (non-hydrogen) atoms. The zero-order chi connectivity index (χ0) is 15.6. The monoisotopic (exact) mass is 317 g/mol. The van der Waals surface area contributed by atoms with E-state index in [9.17, 15) is 23.5 Å². The lowest BCUT2D eigenvalue weighted by atomic mass is 9.81. The quantitative estimate of drug-likeness (QED) is 0.842. The van der Waals surface area contributed by atoms with Crippen LogP contribution >= 0.6 is 11.6 Å². The number of carboxylic acids is 1. The van der Waals surface area contributed by atoms with Crippen molar-refractivity contribution >= 4 is 23.5 Å². The van der Waals surface area contributed by atoms with Gasteiger partial charge in [0.05, 0.1) is 10.6 Å². The second kappa shape index (κ2) is 5.97. The Hall–Kier alpha value is -1.69. The zero-order valence-corrected chi connectivity index (χ0v) is 11.8. The molecule has 0 saturated heterocycles. The number of carboxylic acid groups (broad SMARTS) is 1. The molecule has 4 nitrogen and oxygen atoms in total. The molecule has 0 heterocycles. The van der Waals surface area contributed by atoms with Gasteiger partial charge in [0.1, 0.15) is 5.54 Å². The number of carbonyl (C=O) groups is 2. The predicted octanol–water partition coefficient (Wildman–Crippen LogP) is 3.14. The lowest BCUT2D eigenvalue weighted by Gasteiger charge is -2.34. The van der Waals surface area contributed by atoms with Crippen LogP contribution in [-0.4, -0.2) is 22.5 Å². The van der Waals surface area contributed by atoms with Gasteiger partial charge in [-0.25, -0.2) is 13.6 Å². The van der Waals surface area contributed by atoms with Gasteiger partial charge < -0.3 is 10.4 Å². The molecule has 0 spiro atoms. The van der Waals surface area contributed by atoms with Crippen LogP contribution in [0.25, 0.3) is 0 Å². The van der Waals surface area contributed by atoms with Gasteiger partial charge in [0.15, 0.2) is 11.6 Å². The lowest BCUT2D eigenvalue weighted by molar-refractivity contribution is -0.145. The number of carbonyl (C=O) groups excluding carboxylic acids is 1. The van der Waals surface area contributed by atoms with E-state index in [1.54, 1.807) is 0 Å². The normalized spacial score (nSPS) is 17.3. The summed E-state index contributed by atoms with van der Waals surface area (Å²) >= 11 is 5.72. The van der Waals surface area contributed by atoms with Gasteiger partial charge in [-0.2, -0.15) is 0 Å². The Morgan fingerprint density at radius 3 is 2.29 bits per heavy atom. The molecule has 0 unspecified atom stereocenters. The summed E-state index contributed by atoms with van der Waals surface area (Å²) in [6.07, 6.45) is 2.86. The van der Waals surface area contributed by atoms with Crippen molar-refractivity contribution < 1.29 is 23.5 Å². The standard InChI is InChI=1S/C14H14ClF2NO3/c15-9-7-11(17)10(16)6-8(9)12(19)18-14(13(20)21)4-2-1-3-5-14/h6-7H,1-5H2,(H,18,19)(H,20,21). The second-order valence-electron chi connectivity index (χ2n) is 5.15. The van der Waals surface area contributed by atoms with E-state index in [0.717, 1.165) is 6.42 Å². The fraction of sp³-hybridized carbons (Fsp3) is 0.429. The summed E-state index contributed by atoms with van der Waals surface area (Å²) < 4.78 is 26.2. The molecule has 2 rings (SSSR count). The van der Waals surface area contributed by atoms with Crippen molar-refractivity contribution in [2.24, 2.45) is 0 Å². The Labute approximate surface area is 125 Å². The maximum absolute atomic E-state index is 13.2. The molecule has 0 bridgehead atoms. The number of benzene rings is 1. The van der Waals surface area contributed by atoms with Gasteiger partial charge >= 0.3 is 5.97 Å². The topological polar surface area (TPSA) is 66.4 Å². The summed E-state index contributed by atoms with van der Waals surface area (Å²) in [5.41, 5.74) is -1.65. The highest BCUT2D eigenvalue weighted by Crippen LogP contribution is 2.29. The first-order valence-corrected chi connectivity index (χ1v) is 6.94. The van der Waals surface area contributed by atoms with Gasteiger partial charge in [0.25, 0.3) is 5.91 Å². The van der Waals surface area contributed by atoms with Gasteiger partial charge in [-0.15, -0.1) is 0 Å². The molecule has 1 amide bonds. The van der Waals surface area contributed by atoms with Gasteiger partial charge in [0, 0.05) is 0 Å². The molecular formula is C14H14ClF2NO3. The van der Waals surface area contributed by atoms with Crippen LogP contribution in [0.2, 0.25) is 5.02 Å². The second-order valence-corrected chi connectivity index (χ2v) is 5.56. The summed E-state index contributed by atoms with van der Waals surface area (Å²) in [5, 5.41) is 11.5. The molecule has 0 atom stereocenters. The number of halogens is 3. The van der Waals surface area contributed by atoms with Crippen molar-refractivity contribution in [3.63, 3.8) is 0 Å². The number of rotatable bonds is 3. The molecule has 1 fully saturated rings. The molecule has 0 radical (unpaired) electrons. The summed E-state index contributed by atoms with van der Waals surface area (Å²) in [6, 6.07) is 1.37. The number of aliphatic carboxylic acids is 1. The van der Waals surface area contributed by atoms with Crippen molar-refractivity contribution in [1.29, 1.82) is 0 Å². The Bertz CT molecular complexity index is 586. The Morgan fingerprint density at radius 1 is 1.14 bits per heavy atom. The number of nitrogens with one attached hydrogen (secondary N) is 1. The molecule has 114 valence electrons.